The predicted molar refractivity (Wildman–Crippen MR) is 528 cm³/mol. The normalized spacial score (nSPS) is 11.9. The van der Waals surface area contributed by atoms with Crippen molar-refractivity contribution in [2.75, 3.05) is 443 Å². The molecule has 0 aliphatic rings. The first-order valence-corrected chi connectivity index (χ1v) is 53.7. The lowest BCUT2D eigenvalue weighted by atomic mass is 10.4. The molecule has 0 saturated heterocycles. The van der Waals surface area contributed by atoms with Crippen molar-refractivity contribution in [2.24, 2.45) is 0 Å². The highest BCUT2D eigenvalue weighted by atomic mass is 17.1. The second-order valence-corrected chi connectivity index (χ2v) is 32.7. The fraction of sp³-hybridized carbons (Fsp3) is 1.00. The van der Waals surface area contributed by atoms with Gasteiger partial charge in [0, 0.05) is 436 Å². The topological polar surface area (TPSA) is 334 Å². The van der Waals surface area contributed by atoms with Gasteiger partial charge in [0.1, 0.15) is 0 Å². The van der Waals surface area contributed by atoms with Gasteiger partial charge in [0.2, 0.25) is 0 Å². The molecule has 0 heterocycles. The van der Waals surface area contributed by atoms with Gasteiger partial charge in [-0.1, -0.05) is 6.92 Å². The molecule has 0 spiro atoms. The van der Waals surface area contributed by atoms with Crippen molar-refractivity contribution in [3.8, 4) is 0 Å². The molecule has 1 N–H and O–H groups in total. The molecular formula is C102H206O35. The van der Waals surface area contributed by atoms with Crippen molar-refractivity contribution in [3.05, 3.63) is 0 Å². The number of hydrogen-bond donors (Lipinski definition) is 1. The van der Waals surface area contributed by atoms with E-state index in [2.05, 4.69) is 11.8 Å². The quantitative estimate of drug-likeness (QED) is 0.0336. The molecule has 0 aliphatic heterocycles. The van der Waals surface area contributed by atoms with Crippen LogP contribution in [0.1, 0.15) is 225 Å². The molecule has 35 heteroatoms. The molecule has 0 radical (unpaired) electrons. The van der Waals surface area contributed by atoms with Crippen molar-refractivity contribution in [3.63, 3.8) is 0 Å². The molecule has 824 valence electrons. The number of hydrogen-bond acceptors (Lipinski definition) is 35. The number of ether oxygens (including phenoxy) is 33. The van der Waals surface area contributed by atoms with Crippen LogP contribution in [0.4, 0.5) is 0 Å². The average molecular weight is 1990 g/mol. The summed E-state index contributed by atoms with van der Waals surface area (Å²) in [6.07, 6.45) is 30.0. The Morgan fingerprint density at radius 1 is 0.0803 bits per heavy atom. The van der Waals surface area contributed by atoms with Gasteiger partial charge in [-0.05, 0) is 218 Å². The highest BCUT2D eigenvalue weighted by Crippen LogP contribution is 2.05. The molecule has 35 nitrogen and oxygen atoms in total. The zero-order valence-electron chi connectivity index (χ0n) is 86.7. The van der Waals surface area contributed by atoms with Crippen molar-refractivity contribution in [1.82, 2.24) is 0 Å². The fourth-order valence-corrected chi connectivity index (χ4v) is 12.2. The second-order valence-electron chi connectivity index (χ2n) is 32.7. The summed E-state index contributed by atoms with van der Waals surface area (Å²) in [5.74, 6) is 0. The van der Waals surface area contributed by atoms with Crippen LogP contribution in [0.25, 0.3) is 0 Å². The predicted octanol–water partition coefficient (Wildman–Crippen LogP) is 14.3. The molecule has 0 fully saturated rings. The lowest BCUT2D eigenvalue weighted by Crippen LogP contribution is -2.09. The van der Waals surface area contributed by atoms with Crippen molar-refractivity contribution in [1.29, 1.82) is 0 Å². The van der Waals surface area contributed by atoms with E-state index < -0.39 is 0 Å². The Hall–Kier alpha value is -1.40. The molecule has 0 saturated carbocycles. The van der Waals surface area contributed by atoms with Gasteiger partial charge in [0.15, 0.2) is 0 Å². The zero-order chi connectivity index (χ0) is 97.5. The fourth-order valence-electron chi connectivity index (χ4n) is 12.2. The van der Waals surface area contributed by atoms with E-state index in [0.29, 0.717) is 409 Å². The van der Waals surface area contributed by atoms with Gasteiger partial charge < -0.3 is 156 Å². The number of rotatable bonds is 134. The van der Waals surface area contributed by atoms with E-state index in [0.717, 1.165) is 252 Å². The summed E-state index contributed by atoms with van der Waals surface area (Å²) < 4.78 is 188. The largest absolute Gasteiger partial charge is 0.381 e. The molecule has 0 aromatic carbocycles. The standard InChI is InChI=1S/C102H206O35/c1-2-36-104-37-3-38-105-39-4-40-106-41-5-42-107-43-6-44-108-45-7-46-109-47-8-48-110-49-9-50-111-51-10-52-112-53-11-54-113-55-12-56-114-57-13-58-115-59-14-60-116-61-15-62-117-63-16-64-118-65-17-66-119-67-18-68-120-69-19-70-121-71-20-72-122-73-21-74-123-75-22-76-124-77-23-78-125-79-24-80-126-81-25-82-127-83-26-84-128-85-27-86-129-87-28-88-130-89-29-90-131-91-30-92-132-93-31-94-133-95-32-96-134-97-33-98-135-99-34-100-136-101-35-102-137-103/h103H,2-102H2,1H3. The average Bonchev–Trinajstić information content (AvgIpc) is 1.11. The van der Waals surface area contributed by atoms with Gasteiger partial charge >= 0.3 is 0 Å². The molecule has 0 aromatic rings. The Labute approximate surface area is 830 Å². The van der Waals surface area contributed by atoms with Gasteiger partial charge in [-0.2, -0.15) is 0 Å². The molecule has 0 unspecified atom stereocenters. The van der Waals surface area contributed by atoms with E-state index in [-0.39, 0.29) is 0 Å². The van der Waals surface area contributed by atoms with E-state index in [1.807, 2.05) is 0 Å². The van der Waals surface area contributed by atoms with Crippen LogP contribution < -0.4 is 0 Å². The lowest BCUT2D eigenvalue weighted by molar-refractivity contribution is -0.244. The van der Waals surface area contributed by atoms with Crippen LogP contribution >= 0.6 is 0 Å². The van der Waals surface area contributed by atoms with Crippen LogP contribution in [0.5, 0.6) is 0 Å². The maximum atomic E-state index is 8.26. The van der Waals surface area contributed by atoms with Crippen LogP contribution in [0.2, 0.25) is 0 Å². The van der Waals surface area contributed by atoms with Crippen LogP contribution in [0.3, 0.4) is 0 Å². The van der Waals surface area contributed by atoms with Gasteiger partial charge in [0.05, 0.1) is 6.61 Å². The first-order valence-electron chi connectivity index (χ1n) is 53.7. The van der Waals surface area contributed by atoms with Crippen LogP contribution in [-0.4, -0.2) is 448 Å². The first-order chi connectivity index (χ1) is 68.4. The summed E-state index contributed by atoms with van der Waals surface area (Å²) in [7, 11) is 0. The van der Waals surface area contributed by atoms with Crippen LogP contribution in [-0.2, 0) is 161 Å². The third kappa shape index (κ3) is 135. The molecule has 0 aromatic heterocycles. The smallest absolute Gasteiger partial charge is 0.0841 e. The maximum Gasteiger partial charge on any atom is 0.0841 e. The van der Waals surface area contributed by atoms with Gasteiger partial charge in [-0.15, -0.1) is 0 Å². The molecule has 0 atom stereocenters. The zero-order valence-corrected chi connectivity index (χ0v) is 86.7. The van der Waals surface area contributed by atoms with Crippen molar-refractivity contribution >= 4 is 0 Å². The van der Waals surface area contributed by atoms with Gasteiger partial charge in [-0.3, -0.25) is 5.26 Å². The second kappa shape index (κ2) is 135. The summed E-state index contributed by atoms with van der Waals surface area (Å²) in [4.78, 5) is 4.00. The van der Waals surface area contributed by atoms with E-state index in [1.165, 1.54) is 0 Å². The third-order valence-electron chi connectivity index (χ3n) is 19.3. The lowest BCUT2D eigenvalue weighted by Gasteiger charge is -2.08. The minimum Gasteiger partial charge on any atom is -0.381 e. The van der Waals surface area contributed by atoms with Gasteiger partial charge in [-0.25, -0.2) is 4.89 Å². The summed E-state index contributed by atoms with van der Waals surface area (Å²) in [5, 5.41) is 8.26. The van der Waals surface area contributed by atoms with Crippen molar-refractivity contribution in [2.45, 2.75) is 225 Å². The van der Waals surface area contributed by atoms with Crippen LogP contribution in [0, 0.1) is 0 Å². The first kappa shape index (κ1) is 136. The summed E-state index contributed by atoms with van der Waals surface area (Å²) in [6.45, 7) is 48.4. The van der Waals surface area contributed by atoms with Crippen molar-refractivity contribution < 1.29 is 166 Å². The Kier molecular flexibility index (Phi) is 133. The van der Waals surface area contributed by atoms with Gasteiger partial charge in [0.25, 0.3) is 0 Å². The van der Waals surface area contributed by atoms with E-state index >= 15 is 0 Å². The summed E-state index contributed by atoms with van der Waals surface area (Å²) in [6, 6.07) is 0. The molecular weight excluding hydrogens is 1790 g/mol. The SMILES string of the molecule is CCCOCCCOCCCOCCCOCCCOCCCOCCCOCCCOCCCOCCCOCCCOCCCOCCCOCCCOCCCOCCCOCCCOCCCOCCCOCCCOCCCOCCCOCCCOCCCOCCCOCCCOCCCOCCCOCCCOCCCOCCCOCCCOCCCOCCCOO. The van der Waals surface area contributed by atoms with Crippen LogP contribution in [0.15, 0.2) is 0 Å². The molecule has 137 heavy (non-hydrogen) atoms. The molecule has 0 amide bonds. The summed E-state index contributed by atoms with van der Waals surface area (Å²) >= 11 is 0. The monoisotopic (exact) mass is 1990 g/mol. The van der Waals surface area contributed by atoms with E-state index in [4.69, 9.17) is 162 Å². The maximum absolute atomic E-state index is 8.26. The minimum atomic E-state index is 0.298. The molecule has 0 bridgehead atoms. The van der Waals surface area contributed by atoms with E-state index in [1.54, 1.807) is 0 Å². The Balaban J connectivity index is 3.10. The summed E-state index contributed by atoms with van der Waals surface area (Å²) in [5.41, 5.74) is 0. The molecule has 0 rings (SSSR count). The highest BCUT2D eigenvalue weighted by Gasteiger charge is 2.07. The Bertz CT molecular complexity index is 1730. The highest BCUT2D eigenvalue weighted by molar-refractivity contribution is 4.53. The molecule has 0 aliphatic carbocycles. The Morgan fingerprint density at radius 2 is 0.131 bits per heavy atom. The van der Waals surface area contributed by atoms with E-state index in [9.17, 15) is 0 Å². The minimum absolute atomic E-state index is 0.298. The third-order valence-corrected chi connectivity index (χ3v) is 19.3. The Morgan fingerprint density at radius 3 is 0.182 bits per heavy atom.